The maximum atomic E-state index is 15.8. The fourth-order valence-electron chi connectivity index (χ4n) is 4.37. The number of nitrogens with one attached hydrogen (secondary N) is 1. The fourth-order valence-corrected chi connectivity index (χ4v) is 4.37. The molecule has 1 aliphatic carbocycles. The topological polar surface area (TPSA) is 144 Å². The number of aromatic carboxylic acids is 1. The average Bonchev–Trinajstić information content (AvgIpc) is 3.52. The van der Waals surface area contributed by atoms with Crippen LogP contribution in [0.2, 0.25) is 0 Å². The maximum absolute atomic E-state index is 15.8. The van der Waals surface area contributed by atoms with Gasteiger partial charge in [0.2, 0.25) is 11.3 Å². The Hall–Kier alpha value is -2.92. The molecular weight excluding hydrogens is 460 g/mol. The van der Waals surface area contributed by atoms with Gasteiger partial charge in [-0.15, -0.1) is 12.4 Å². The van der Waals surface area contributed by atoms with Gasteiger partial charge in [-0.25, -0.2) is 13.6 Å². The number of halogens is 3. The molecule has 1 unspecified atom stereocenters. The molecule has 12 heteroatoms. The first-order valence-corrected chi connectivity index (χ1v) is 10.4. The van der Waals surface area contributed by atoms with Gasteiger partial charge in [0, 0.05) is 37.3 Å². The highest BCUT2D eigenvalue weighted by atomic mass is 35.5. The molecule has 1 amide bonds. The summed E-state index contributed by atoms with van der Waals surface area (Å²) in [7, 11) is 0. The highest BCUT2D eigenvalue weighted by Gasteiger charge is 2.39. The molecule has 0 radical (unpaired) electrons. The number of aromatic nitrogens is 1. The fraction of sp³-hybridized carbons (Fsp3) is 0.476. The molecule has 1 aromatic carbocycles. The predicted molar refractivity (Wildman–Crippen MR) is 122 cm³/mol. The van der Waals surface area contributed by atoms with E-state index < -0.39 is 45.1 Å². The second-order valence-corrected chi connectivity index (χ2v) is 8.89. The van der Waals surface area contributed by atoms with E-state index in [0.29, 0.717) is 32.4 Å². The van der Waals surface area contributed by atoms with Gasteiger partial charge < -0.3 is 31.4 Å². The Morgan fingerprint density at radius 3 is 2.55 bits per heavy atom. The third kappa shape index (κ3) is 4.22. The van der Waals surface area contributed by atoms with Crippen LogP contribution in [-0.2, 0) is 4.79 Å². The first kappa shape index (κ1) is 24.7. The Bertz CT molecular complexity index is 1200. The molecule has 33 heavy (non-hydrogen) atoms. The summed E-state index contributed by atoms with van der Waals surface area (Å²) < 4.78 is 32.5. The number of carbonyl (C=O) groups is 2. The lowest BCUT2D eigenvalue weighted by molar-refractivity contribution is -0.120. The molecule has 0 spiro atoms. The zero-order chi connectivity index (χ0) is 23.4. The van der Waals surface area contributed by atoms with Gasteiger partial charge in [-0.2, -0.15) is 0 Å². The molecule has 2 aliphatic rings. The third-order valence-corrected chi connectivity index (χ3v) is 6.31. The Morgan fingerprint density at radius 2 is 1.97 bits per heavy atom. The van der Waals surface area contributed by atoms with Crippen LogP contribution in [0, 0.1) is 17.0 Å². The first-order valence-electron chi connectivity index (χ1n) is 10.4. The zero-order valence-corrected chi connectivity index (χ0v) is 18.8. The van der Waals surface area contributed by atoms with Crippen molar-refractivity contribution >= 4 is 46.6 Å². The van der Waals surface area contributed by atoms with E-state index in [-0.39, 0.29) is 48.6 Å². The second kappa shape index (κ2) is 8.79. The monoisotopic (exact) mass is 485 g/mol. The molecule has 1 atom stereocenters. The van der Waals surface area contributed by atoms with E-state index in [0.717, 1.165) is 6.20 Å². The summed E-state index contributed by atoms with van der Waals surface area (Å²) in [4.78, 5) is 37.3. The number of nitrogens with zero attached hydrogens (tertiary/aromatic N) is 2. The summed E-state index contributed by atoms with van der Waals surface area (Å²) in [6, 6.07) is -0.182. The first-order chi connectivity index (χ1) is 15.1. The molecule has 180 valence electrons. The van der Waals surface area contributed by atoms with Crippen LogP contribution in [0.15, 0.2) is 11.0 Å². The van der Waals surface area contributed by atoms with Gasteiger partial charge >= 0.3 is 5.97 Å². The van der Waals surface area contributed by atoms with Crippen molar-refractivity contribution in [3.05, 3.63) is 33.6 Å². The van der Waals surface area contributed by atoms with Crippen molar-refractivity contribution < 1.29 is 23.5 Å². The second-order valence-electron chi connectivity index (χ2n) is 8.89. The number of nitrogens with two attached hydrogens (primary N) is 2. The van der Waals surface area contributed by atoms with E-state index >= 15 is 8.78 Å². The molecule has 1 aliphatic heterocycles. The van der Waals surface area contributed by atoms with Gasteiger partial charge in [0.1, 0.15) is 11.3 Å². The largest absolute Gasteiger partial charge is 0.477 e. The van der Waals surface area contributed by atoms with Crippen LogP contribution in [0.4, 0.5) is 20.2 Å². The van der Waals surface area contributed by atoms with E-state index in [2.05, 4.69) is 5.32 Å². The number of anilines is 2. The minimum atomic E-state index is -1.48. The summed E-state index contributed by atoms with van der Waals surface area (Å²) in [5.41, 5.74) is 8.14. The van der Waals surface area contributed by atoms with Gasteiger partial charge in [0.05, 0.1) is 23.1 Å². The van der Waals surface area contributed by atoms with Crippen LogP contribution in [-0.4, -0.2) is 47.7 Å². The minimum absolute atomic E-state index is 0. The van der Waals surface area contributed by atoms with Crippen LogP contribution in [0.3, 0.4) is 0 Å². The van der Waals surface area contributed by atoms with E-state index in [9.17, 15) is 19.5 Å². The van der Waals surface area contributed by atoms with E-state index in [1.807, 2.05) is 6.92 Å². The Morgan fingerprint density at radius 1 is 1.30 bits per heavy atom. The summed E-state index contributed by atoms with van der Waals surface area (Å²) >= 11 is 0. The number of nitrogen functional groups attached to an aromatic ring is 1. The number of benzene rings is 1. The van der Waals surface area contributed by atoms with Crippen LogP contribution >= 0.6 is 12.4 Å². The zero-order valence-electron chi connectivity index (χ0n) is 18.0. The van der Waals surface area contributed by atoms with Crippen LogP contribution in [0.25, 0.3) is 10.9 Å². The molecule has 0 bridgehead atoms. The molecular formula is C21H26ClF2N5O4. The van der Waals surface area contributed by atoms with Gasteiger partial charge in [-0.3, -0.25) is 9.59 Å². The normalized spacial score (nSPS) is 20.1. The smallest absolute Gasteiger partial charge is 0.341 e. The number of fused-ring (bicyclic) bond motifs is 1. The number of pyridine rings is 1. The molecule has 9 nitrogen and oxygen atoms in total. The standard InChI is InChI=1S/C21H25F2N5O4.ClH/c1-21(8-26-12(29)6-24)4-5-27(9-21)18-14(22)16(25)13-17(15(18)23)28(10-2-3-10)7-11(19(13)30)20(31)32;/h7,10H,2-6,8-9,24-25H2,1H3,(H,26,29)(H,31,32);1H. The lowest BCUT2D eigenvalue weighted by Gasteiger charge is -2.27. The summed E-state index contributed by atoms with van der Waals surface area (Å²) in [6.45, 7) is 2.59. The minimum Gasteiger partial charge on any atom is -0.477 e. The summed E-state index contributed by atoms with van der Waals surface area (Å²) in [6.07, 6.45) is 3.05. The number of hydrogen-bond acceptors (Lipinski definition) is 6. The number of carboxylic acids is 1. The molecule has 2 fully saturated rings. The SMILES string of the molecule is CC1(CNC(=O)CN)CCN(c2c(F)c(N)c3c(=O)c(C(=O)O)cn(C4CC4)c3c2F)C1.Cl. The number of carboxylic acid groups (broad SMARTS) is 1. The van der Waals surface area contributed by atoms with Gasteiger partial charge in [-0.1, -0.05) is 6.92 Å². The van der Waals surface area contributed by atoms with Crippen molar-refractivity contribution in [1.82, 2.24) is 9.88 Å². The molecule has 1 saturated carbocycles. The Labute approximate surface area is 194 Å². The summed E-state index contributed by atoms with van der Waals surface area (Å²) in [5, 5.41) is 11.6. The quantitative estimate of drug-likeness (QED) is 0.455. The molecule has 1 aromatic heterocycles. The van der Waals surface area contributed by atoms with Crippen LogP contribution in [0.5, 0.6) is 0 Å². The van der Waals surface area contributed by atoms with E-state index in [1.165, 1.54) is 9.47 Å². The Kier molecular flexibility index (Phi) is 6.58. The molecule has 2 aromatic rings. The van der Waals surface area contributed by atoms with E-state index in [1.54, 1.807) is 0 Å². The van der Waals surface area contributed by atoms with Crippen molar-refractivity contribution in [2.45, 2.75) is 32.2 Å². The Balaban J connectivity index is 0.00000306. The molecule has 2 heterocycles. The van der Waals surface area contributed by atoms with Crippen molar-refractivity contribution in [1.29, 1.82) is 0 Å². The number of amides is 1. The van der Waals surface area contributed by atoms with Crippen molar-refractivity contribution in [3.8, 4) is 0 Å². The highest BCUT2D eigenvalue weighted by molar-refractivity contribution is 5.99. The van der Waals surface area contributed by atoms with Crippen molar-refractivity contribution in [3.63, 3.8) is 0 Å². The lowest BCUT2D eigenvalue weighted by Crippen LogP contribution is -2.40. The molecule has 4 rings (SSSR count). The van der Waals surface area contributed by atoms with E-state index in [4.69, 9.17) is 11.5 Å². The number of carbonyl (C=O) groups excluding carboxylic acids is 1. The average molecular weight is 486 g/mol. The van der Waals surface area contributed by atoms with Gasteiger partial charge in [0.15, 0.2) is 11.6 Å². The maximum Gasteiger partial charge on any atom is 0.341 e. The number of hydrogen-bond donors (Lipinski definition) is 4. The summed E-state index contributed by atoms with van der Waals surface area (Å²) in [5.74, 6) is -3.83. The highest BCUT2D eigenvalue weighted by Crippen LogP contribution is 2.43. The third-order valence-electron chi connectivity index (χ3n) is 6.31. The lowest BCUT2D eigenvalue weighted by atomic mass is 9.90. The molecule has 1 saturated heterocycles. The van der Waals surface area contributed by atoms with Gasteiger partial charge in [-0.05, 0) is 19.3 Å². The van der Waals surface area contributed by atoms with Crippen LogP contribution in [0.1, 0.15) is 42.6 Å². The van der Waals surface area contributed by atoms with Crippen molar-refractivity contribution in [2.24, 2.45) is 11.1 Å². The van der Waals surface area contributed by atoms with Crippen molar-refractivity contribution in [2.75, 3.05) is 36.8 Å². The predicted octanol–water partition coefficient (Wildman–Crippen LogP) is 1.61. The number of rotatable bonds is 6. The van der Waals surface area contributed by atoms with Crippen LogP contribution < -0.4 is 27.1 Å². The molecule has 6 N–H and O–H groups in total. The van der Waals surface area contributed by atoms with Gasteiger partial charge in [0.25, 0.3) is 0 Å².